The summed E-state index contributed by atoms with van der Waals surface area (Å²) in [6, 6.07) is 14.5. The third-order valence-electron chi connectivity index (χ3n) is 6.51. The SMILES string of the molecule is CCCC1SCC(C(=O)O)N1C(=O)C(CC)NC(=O)OCC1c2ccccc2-c2ccccc21. The van der Waals surface area contributed by atoms with Crippen LogP contribution in [0, 0.1) is 0 Å². The minimum absolute atomic E-state index is 0.0748. The monoisotopic (exact) mass is 482 g/mol. The summed E-state index contributed by atoms with van der Waals surface area (Å²) in [6.45, 7) is 3.95. The molecule has 4 rings (SSSR count). The number of carboxylic acid groups (broad SMARTS) is 1. The zero-order valence-electron chi connectivity index (χ0n) is 19.4. The van der Waals surface area contributed by atoms with E-state index >= 15 is 0 Å². The zero-order chi connectivity index (χ0) is 24.2. The maximum atomic E-state index is 13.3. The third-order valence-corrected chi connectivity index (χ3v) is 7.87. The van der Waals surface area contributed by atoms with E-state index in [-0.39, 0.29) is 23.8 Å². The van der Waals surface area contributed by atoms with Crippen molar-refractivity contribution in [3.8, 4) is 11.1 Å². The molecule has 1 aliphatic carbocycles. The van der Waals surface area contributed by atoms with Crippen LogP contribution in [0.1, 0.15) is 50.2 Å². The summed E-state index contributed by atoms with van der Waals surface area (Å²) in [4.78, 5) is 39.2. The van der Waals surface area contributed by atoms with Gasteiger partial charge >= 0.3 is 12.1 Å². The van der Waals surface area contributed by atoms with Crippen LogP contribution in [0.4, 0.5) is 4.79 Å². The first-order chi connectivity index (χ1) is 16.5. The molecule has 3 atom stereocenters. The predicted molar refractivity (Wildman–Crippen MR) is 132 cm³/mol. The molecule has 0 aromatic heterocycles. The van der Waals surface area contributed by atoms with Gasteiger partial charge in [0.05, 0.1) is 5.37 Å². The van der Waals surface area contributed by atoms with E-state index in [1.807, 2.05) is 43.3 Å². The van der Waals surface area contributed by atoms with Crippen LogP contribution in [0.15, 0.2) is 48.5 Å². The van der Waals surface area contributed by atoms with E-state index in [2.05, 4.69) is 17.4 Å². The first kappa shape index (κ1) is 24.1. The highest BCUT2D eigenvalue weighted by atomic mass is 32.2. The molecule has 1 fully saturated rings. The Morgan fingerprint density at radius 3 is 2.26 bits per heavy atom. The fourth-order valence-electron chi connectivity index (χ4n) is 4.82. The Morgan fingerprint density at radius 1 is 1.09 bits per heavy atom. The fraction of sp³-hybridized carbons (Fsp3) is 0.423. The van der Waals surface area contributed by atoms with Crippen molar-refractivity contribution < 1.29 is 24.2 Å². The van der Waals surface area contributed by atoms with E-state index in [0.29, 0.717) is 18.6 Å². The Morgan fingerprint density at radius 2 is 1.71 bits per heavy atom. The van der Waals surface area contributed by atoms with E-state index in [0.717, 1.165) is 28.7 Å². The second kappa shape index (κ2) is 10.5. The van der Waals surface area contributed by atoms with Crippen molar-refractivity contribution in [2.75, 3.05) is 12.4 Å². The average molecular weight is 483 g/mol. The van der Waals surface area contributed by atoms with Gasteiger partial charge < -0.3 is 20.1 Å². The number of aliphatic carboxylic acids is 1. The fourth-order valence-corrected chi connectivity index (χ4v) is 6.34. The molecule has 2 N–H and O–H groups in total. The number of carbonyl (C=O) groups is 3. The van der Waals surface area contributed by atoms with Gasteiger partial charge in [-0.3, -0.25) is 4.79 Å². The van der Waals surface area contributed by atoms with Gasteiger partial charge in [0, 0.05) is 11.7 Å². The molecule has 180 valence electrons. The first-order valence-electron chi connectivity index (χ1n) is 11.7. The van der Waals surface area contributed by atoms with Crippen LogP contribution in [0.25, 0.3) is 11.1 Å². The maximum absolute atomic E-state index is 13.3. The van der Waals surface area contributed by atoms with Crippen molar-refractivity contribution in [2.45, 2.75) is 56.5 Å². The van der Waals surface area contributed by atoms with Crippen LogP contribution in [-0.2, 0) is 14.3 Å². The molecular formula is C26H30N2O5S. The molecule has 0 radical (unpaired) electrons. The van der Waals surface area contributed by atoms with E-state index < -0.39 is 24.1 Å². The molecule has 2 aromatic rings. The van der Waals surface area contributed by atoms with Crippen LogP contribution in [0.3, 0.4) is 0 Å². The van der Waals surface area contributed by atoms with Gasteiger partial charge in [-0.1, -0.05) is 68.8 Å². The van der Waals surface area contributed by atoms with Gasteiger partial charge in [0.15, 0.2) is 0 Å². The lowest BCUT2D eigenvalue weighted by Crippen LogP contribution is -2.54. The molecule has 1 aliphatic heterocycles. The van der Waals surface area contributed by atoms with Crippen molar-refractivity contribution in [2.24, 2.45) is 0 Å². The molecule has 34 heavy (non-hydrogen) atoms. The number of carbonyl (C=O) groups excluding carboxylic acids is 2. The molecule has 8 heteroatoms. The summed E-state index contributed by atoms with van der Waals surface area (Å²) in [7, 11) is 0. The number of thioether (sulfide) groups is 1. The lowest BCUT2D eigenvalue weighted by atomic mass is 9.98. The molecule has 7 nitrogen and oxygen atoms in total. The van der Waals surface area contributed by atoms with Crippen LogP contribution in [0.5, 0.6) is 0 Å². The molecule has 0 spiro atoms. The summed E-state index contributed by atoms with van der Waals surface area (Å²) in [5.41, 5.74) is 4.50. The lowest BCUT2D eigenvalue weighted by molar-refractivity contribution is -0.150. The topological polar surface area (TPSA) is 95.9 Å². The first-order valence-corrected chi connectivity index (χ1v) is 12.8. The van der Waals surface area contributed by atoms with Crippen LogP contribution in [-0.4, -0.2) is 57.8 Å². The Kier molecular flexibility index (Phi) is 7.46. The number of hydrogen-bond acceptors (Lipinski definition) is 5. The minimum atomic E-state index is -1.02. The number of rotatable bonds is 8. The number of nitrogens with one attached hydrogen (secondary N) is 1. The molecule has 2 aromatic carbocycles. The van der Waals surface area contributed by atoms with Gasteiger partial charge in [-0.05, 0) is 35.1 Å². The second-order valence-corrected chi connectivity index (χ2v) is 9.82. The number of carboxylic acids is 1. The van der Waals surface area contributed by atoms with Crippen LogP contribution in [0.2, 0.25) is 0 Å². The van der Waals surface area contributed by atoms with Crippen LogP contribution < -0.4 is 5.32 Å². The molecule has 0 saturated carbocycles. The standard InChI is InChI=1S/C26H30N2O5S/c1-3-9-23-28(22(15-34-23)25(30)31)24(29)21(4-2)27-26(32)33-14-20-18-12-7-5-10-16(18)17-11-6-8-13-19(17)20/h5-8,10-13,20-23H,3-4,9,14-15H2,1-2H3,(H,27,32)(H,30,31). The summed E-state index contributed by atoms with van der Waals surface area (Å²) >= 11 is 1.48. The van der Waals surface area contributed by atoms with Gasteiger partial charge in [0.25, 0.3) is 0 Å². The molecule has 1 saturated heterocycles. The average Bonchev–Trinajstić information content (AvgIpc) is 3.40. The summed E-state index contributed by atoms with van der Waals surface area (Å²) in [6.07, 6.45) is 1.22. The minimum Gasteiger partial charge on any atom is -0.480 e. The Bertz CT molecular complexity index is 1030. The van der Waals surface area contributed by atoms with E-state index in [1.165, 1.54) is 16.7 Å². The number of nitrogens with zero attached hydrogens (tertiary/aromatic N) is 1. The highest BCUT2D eigenvalue weighted by Crippen LogP contribution is 2.44. The maximum Gasteiger partial charge on any atom is 0.407 e. The molecule has 2 aliphatic rings. The van der Waals surface area contributed by atoms with Gasteiger partial charge in [-0.25, -0.2) is 9.59 Å². The van der Waals surface area contributed by atoms with Gasteiger partial charge in [-0.2, -0.15) is 0 Å². The van der Waals surface area contributed by atoms with Gasteiger partial charge in [-0.15, -0.1) is 11.8 Å². The summed E-state index contributed by atoms with van der Waals surface area (Å²) in [5.74, 6) is -1.11. The quantitative estimate of drug-likeness (QED) is 0.577. The van der Waals surface area contributed by atoms with Crippen LogP contribution >= 0.6 is 11.8 Å². The lowest BCUT2D eigenvalue weighted by Gasteiger charge is -2.30. The molecule has 0 bridgehead atoms. The van der Waals surface area contributed by atoms with Gasteiger partial charge in [0.1, 0.15) is 18.7 Å². The molecule has 1 heterocycles. The van der Waals surface area contributed by atoms with Crippen molar-refractivity contribution in [3.05, 3.63) is 59.7 Å². The number of hydrogen-bond donors (Lipinski definition) is 2. The van der Waals surface area contributed by atoms with Crippen molar-refractivity contribution in [1.82, 2.24) is 10.2 Å². The number of ether oxygens (including phenoxy) is 1. The number of alkyl carbamates (subject to hydrolysis) is 1. The number of amides is 2. The summed E-state index contributed by atoms with van der Waals surface area (Å²) in [5, 5.41) is 12.1. The molecule has 2 amide bonds. The largest absolute Gasteiger partial charge is 0.480 e. The number of fused-ring (bicyclic) bond motifs is 3. The zero-order valence-corrected chi connectivity index (χ0v) is 20.2. The van der Waals surface area contributed by atoms with Crippen molar-refractivity contribution in [1.29, 1.82) is 0 Å². The highest BCUT2D eigenvalue weighted by Gasteiger charge is 2.43. The Hall–Kier alpha value is -3.00. The smallest absolute Gasteiger partial charge is 0.407 e. The molecule has 3 unspecified atom stereocenters. The van der Waals surface area contributed by atoms with E-state index in [1.54, 1.807) is 6.92 Å². The Balaban J connectivity index is 1.43. The normalized spacial score (nSPS) is 19.9. The highest BCUT2D eigenvalue weighted by molar-refractivity contribution is 8.00. The second-order valence-electron chi connectivity index (χ2n) is 8.61. The van der Waals surface area contributed by atoms with E-state index in [9.17, 15) is 19.5 Å². The summed E-state index contributed by atoms with van der Waals surface area (Å²) < 4.78 is 5.59. The van der Waals surface area contributed by atoms with E-state index in [4.69, 9.17) is 4.74 Å². The predicted octanol–water partition coefficient (Wildman–Crippen LogP) is 4.46. The molecular weight excluding hydrogens is 452 g/mol. The van der Waals surface area contributed by atoms with Crippen molar-refractivity contribution in [3.63, 3.8) is 0 Å². The number of benzene rings is 2. The van der Waals surface area contributed by atoms with Crippen molar-refractivity contribution >= 4 is 29.7 Å². The third kappa shape index (κ3) is 4.64. The Labute approximate surface area is 203 Å². The van der Waals surface area contributed by atoms with Gasteiger partial charge in [0.2, 0.25) is 5.91 Å².